The van der Waals surface area contributed by atoms with Crippen LogP contribution in [0.3, 0.4) is 0 Å². The van der Waals surface area contributed by atoms with Gasteiger partial charge in [0.05, 0.1) is 17.3 Å². The van der Waals surface area contributed by atoms with Gasteiger partial charge in [-0.1, -0.05) is 83.8 Å². The number of thioether (sulfide) groups is 1. The minimum Gasteiger partial charge on any atom is -0.505 e. The van der Waals surface area contributed by atoms with Crippen molar-refractivity contribution in [3.63, 3.8) is 0 Å². The van der Waals surface area contributed by atoms with Crippen LogP contribution in [0.2, 0.25) is 0 Å². The number of anilines is 1. The molecule has 1 saturated heterocycles. The topological polar surface area (TPSA) is 110 Å². The zero-order valence-corrected chi connectivity index (χ0v) is 27.5. The lowest BCUT2D eigenvalue weighted by molar-refractivity contribution is -0.132. The molecule has 1 aliphatic heterocycles. The first kappa shape index (κ1) is 31.3. The van der Waals surface area contributed by atoms with E-state index in [-0.39, 0.29) is 28.0 Å². The molecule has 48 heavy (non-hydrogen) atoms. The molecule has 3 aromatic carbocycles. The summed E-state index contributed by atoms with van der Waals surface area (Å²) in [7, 11) is 0. The number of rotatable bonds is 9. The molecule has 0 bridgehead atoms. The highest BCUT2D eigenvalue weighted by molar-refractivity contribution is 8.00. The first-order chi connectivity index (χ1) is 23.3. The maximum Gasteiger partial charge on any atom is 0.301 e. The summed E-state index contributed by atoms with van der Waals surface area (Å²) in [5.74, 6) is -1.28. The van der Waals surface area contributed by atoms with Crippen LogP contribution in [0, 0.1) is 19.7 Å². The highest BCUT2D eigenvalue weighted by Crippen LogP contribution is 2.44. The number of amides is 1. The zero-order valence-electron chi connectivity index (χ0n) is 25.8. The number of aryl methyl sites for hydroxylation is 2. The molecular formula is C36H28FN5O4S2. The van der Waals surface area contributed by atoms with Crippen molar-refractivity contribution in [2.45, 2.75) is 36.6 Å². The monoisotopic (exact) mass is 677 g/mol. The Labute approximate surface area is 283 Å². The predicted molar refractivity (Wildman–Crippen MR) is 183 cm³/mol. The number of hydrogen-bond donors (Lipinski definition) is 1. The first-order valence-corrected chi connectivity index (χ1v) is 16.8. The number of fused-ring (bicyclic) bond motifs is 1. The summed E-state index contributed by atoms with van der Waals surface area (Å²) in [6.45, 7) is 4.08. The van der Waals surface area contributed by atoms with E-state index in [1.165, 1.54) is 28.8 Å². The van der Waals surface area contributed by atoms with E-state index in [1.54, 1.807) is 43.3 Å². The fourth-order valence-corrected chi connectivity index (χ4v) is 7.41. The number of benzene rings is 3. The van der Waals surface area contributed by atoms with E-state index in [1.807, 2.05) is 60.0 Å². The summed E-state index contributed by atoms with van der Waals surface area (Å²) in [6.07, 6.45) is 1.83. The molecule has 7 rings (SSSR count). The number of pyridine rings is 1. The van der Waals surface area contributed by atoms with Crippen molar-refractivity contribution in [3.05, 3.63) is 142 Å². The summed E-state index contributed by atoms with van der Waals surface area (Å²) in [5, 5.41) is 20.6. The Hall–Kier alpha value is -5.33. The van der Waals surface area contributed by atoms with E-state index in [4.69, 9.17) is 4.74 Å². The zero-order chi connectivity index (χ0) is 33.4. The maximum absolute atomic E-state index is 13.8. The van der Waals surface area contributed by atoms with Crippen LogP contribution in [0.1, 0.15) is 39.7 Å². The van der Waals surface area contributed by atoms with Crippen molar-refractivity contribution < 1.29 is 23.8 Å². The molecule has 4 heterocycles. The molecule has 12 heteroatoms. The number of halogens is 1. The van der Waals surface area contributed by atoms with Gasteiger partial charge in [0.1, 0.15) is 29.5 Å². The molecule has 3 aromatic heterocycles. The van der Waals surface area contributed by atoms with Crippen molar-refractivity contribution >= 4 is 51.3 Å². The summed E-state index contributed by atoms with van der Waals surface area (Å²) < 4.78 is 21.7. The second-order valence-corrected chi connectivity index (χ2v) is 13.4. The molecule has 0 saturated carbocycles. The largest absolute Gasteiger partial charge is 0.505 e. The molecule has 9 nitrogen and oxygen atoms in total. The first-order valence-electron chi connectivity index (χ1n) is 15.0. The number of ether oxygens (including phenoxy) is 1. The van der Waals surface area contributed by atoms with Crippen LogP contribution < -0.4 is 9.64 Å². The van der Waals surface area contributed by atoms with Crippen LogP contribution in [-0.2, 0) is 21.9 Å². The van der Waals surface area contributed by atoms with Crippen LogP contribution in [0.25, 0.3) is 11.4 Å². The number of Topliss-reactive ketones (excluding diaryl/α,β-unsaturated/α-hetero) is 1. The van der Waals surface area contributed by atoms with Crippen molar-refractivity contribution in [1.29, 1.82) is 0 Å². The molecule has 1 N–H and O–H groups in total. The molecule has 1 amide bonds. The minimum absolute atomic E-state index is 0.0992. The van der Waals surface area contributed by atoms with E-state index in [9.17, 15) is 19.1 Å². The van der Waals surface area contributed by atoms with Crippen LogP contribution in [0.15, 0.2) is 107 Å². The molecule has 6 aromatic rings. The van der Waals surface area contributed by atoms with Crippen LogP contribution in [0.4, 0.5) is 9.52 Å². The van der Waals surface area contributed by atoms with E-state index in [0.29, 0.717) is 39.4 Å². The molecule has 1 fully saturated rings. The van der Waals surface area contributed by atoms with Crippen LogP contribution in [-0.4, -0.2) is 36.4 Å². The van der Waals surface area contributed by atoms with Gasteiger partial charge in [0, 0.05) is 11.9 Å². The number of carbonyl (C=O) groups is 2. The standard InChI is InChI=1S/C36H28FN5O4S2/c1-21-7-6-18-41-22(2)29(38-33(21)41)31(43)28-30(25-12-16-27(17-13-25)46-19-23-8-4-3-5-9-23)42(34(45)32(28)44)35-39-40-36(48-35)47-20-24-10-14-26(37)15-11-24/h3-18,30,43H,19-20H2,1-2H3/b31-28+. The van der Waals surface area contributed by atoms with Gasteiger partial charge in [0.15, 0.2) is 10.1 Å². The molecule has 0 radical (unpaired) electrons. The molecule has 1 atom stereocenters. The smallest absolute Gasteiger partial charge is 0.301 e. The third-order valence-corrected chi connectivity index (χ3v) is 10.2. The average Bonchev–Trinajstić information content (AvgIpc) is 3.79. The van der Waals surface area contributed by atoms with Crippen molar-refractivity contribution in [3.8, 4) is 5.75 Å². The van der Waals surface area contributed by atoms with E-state index in [2.05, 4.69) is 15.2 Å². The van der Waals surface area contributed by atoms with Gasteiger partial charge in [-0.25, -0.2) is 9.37 Å². The lowest BCUT2D eigenvalue weighted by Gasteiger charge is -2.22. The van der Waals surface area contributed by atoms with Crippen molar-refractivity contribution in [2.75, 3.05) is 4.90 Å². The summed E-state index contributed by atoms with van der Waals surface area (Å²) in [6, 6.07) is 25.8. The number of carbonyl (C=O) groups excluding carboxylic acids is 2. The van der Waals surface area contributed by atoms with Gasteiger partial charge in [-0.2, -0.15) is 0 Å². The van der Waals surface area contributed by atoms with Crippen LogP contribution >= 0.6 is 23.1 Å². The number of aromatic nitrogens is 4. The summed E-state index contributed by atoms with van der Waals surface area (Å²) in [5.41, 5.74) is 4.73. The van der Waals surface area contributed by atoms with Gasteiger partial charge in [-0.3, -0.25) is 14.5 Å². The Morgan fingerprint density at radius 3 is 2.42 bits per heavy atom. The lowest BCUT2D eigenvalue weighted by atomic mass is 9.96. The number of imidazole rings is 1. The van der Waals surface area contributed by atoms with Gasteiger partial charge >= 0.3 is 5.91 Å². The fourth-order valence-electron chi connectivity index (χ4n) is 5.59. The van der Waals surface area contributed by atoms with Crippen molar-refractivity contribution in [1.82, 2.24) is 19.6 Å². The molecular weight excluding hydrogens is 650 g/mol. The van der Waals surface area contributed by atoms with Gasteiger partial charge in [-0.05, 0) is 66.4 Å². The van der Waals surface area contributed by atoms with E-state index in [0.717, 1.165) is 28.0 Å². The van der Waals surface area contributed by atoms with Gasteiger partial charge in [0.2, 0.25) is 5.13 Å². The fraction of sp³-hybridized carbons (Fsp3) is 0.139. The highest BCUT2D eigenvalue weighted by atomic mass is 32.2. The van der Waals surface area contributed by atoms with Gasteiger partial charge in [-0.15, -0.1) is 10.2 Å². The third-order valence-electron chi connectivity index (χ3n) is 8.07. The Kier molecular flexibility index (Phi) is 8.50. The predicted octanol–water partition coefficient (Wildman–Crippen LogP) is 7.44. The van der Waals surface area contributed by atoms with Gasteiger partial charge < -0.3 is 14.2 Å². The van der Waals surface area contributed by atoms with E-state index < -0.39 is 17.7 Å². The average molecular weight is 678 g/mol. The van der Waals surface area contributed by atoms with Gasteiger partial charge in [0.25, 0.3) is 5.78 Å². The SMILES string of the molecule is Cc1cccn2c(C)c(/C(O)=C3\C(=O)C(=O)N(c4nnc(SCc5ccc(F)cc5)s4)C3c3ccc(OCc4ccccc4)cc3)nc12. The lowest BCUT2D eigenvalue weighted by Crippen LogP contribution is -2.29. The molecule has 0 spiro atoms. The number of aliphatic hydroxyl groups excluding tert-OH is 1. The van der Waals surface area contributed by atoms with E-state index >= 15 is 0 Å². The summed E-state index contributed by atoms with van der Waals surface area (Å²) >= 11 is 2.54. The van der Waals surface area contributed by atoms with Crippen molar-refractivity contribution in [2.24, 2.45) is 0 Å². The Morgan fingerprint density at radius 1 is 0.938 bits per heavy atom. The quantitative estimate of drug-likeness (QED) is 0.0553. The second kappa shape index (κ2) is 13.1. The third kappa shape index (κ3) is 5.96. The Morgan fingerprint density at radius 2 is 1.69 bits per heavy atom. The molecule has 0 aliphatic carbocycles. The molecule has 240 valence electrons. The Balaban J connectivity index is 1.26. The normalized spacial score (nSPS) is 15.8. The minimum atomic E-state index is -1.01. The maximum atomic E-state index is 13.8. The number of nitrogens with zero attached hydrogens (tertiary/aromatic N) is 5. The van der Waals surface area contributed by atoms with Crippen LogP contribution in [0.5, 0.6) is 5.75 Å². The molecule has 1 aliphatic rings. The highest BCUT2D eigenvalue weighted by Gasteiger charge is 2.49. The number of ketones is 1. The summed E-state index contributed by atoms with van der Waals surface area (Å²) in [4.78, 5) is 33.5. The number of hydrogen-bond acceptors (Lipinski definition) is 9. The number of aliphatic hydroxyl groups is 1. The second-order valence-electron chi connectivity index (χ2n) is 11.2. The Bertz CT molecular complexity index is 2180. The molecule has 1 unspecified atom stereocenters.